The van der Waals surface area contributed by atoms with Gasteiger partial charge in [0.2, 0.25) is 11.8 Å². The minimum Gasteiger partial charge on any atom is -0.439 e. The van der Waals surface area contributed by atoms with Crippen molar-refractivity contribution in [2.45, 2.75) is 26.3 Å². The number of rotatable bonds is 6. The predicted octanol–water partition coefficient (Wildman–Crippen LogP) is 5.65. The highest BCUT2D eigenvalue weighted by molar-refractivity contribution is 7.80. The van der Waals surface area contributed by atoms with Gasteiger partial charge in [-0.1, -0.05) is 54.9 Å². The molecule has 166 valence electrons. The van der Waals surface area contributed by atoms with Crippen molar-refractivity contribution in [1.29, 1.82) is 0 Å². The highest BCUT2D eigenvalue weighted by Crippen LogP contribution is 2.27. The van der Waals surface area contributed by atoms with E-state index in [-0.39, 0.29) is 0 Å². The van der Waals surface area contributed by atoms with E-state index in [1.807, 2.05) is 60.7 Å². The smallest absolute Gasteiger partial charge is 0.234 e. The Morgan fingerprint density at radius 1 is 1.16 bits per heavy atom. The molecule has 1 fully saturated rings. The minimum atomic E-state index is 0.392. The molecular formula is C24H26ClN5OS. The number of anilines is 2. The van der Waals surface area contributed by atoms with Gasteiger partial charge in [0.1, 0.15) is 11.6 Å². The van der Waals surface area contributed by atoms with Gasteiger partial charge in [-0.3, -0.25) is 0 Å². The SMILES string of the molecule is C[C@@H]1CCCN(c2cc(Oc3ccccc3)nc(NC(=S)NCc3ccccc3Cl)n2)C1. The van der Waals surface area contributed by atoms with Crippen LogP contribution >= 0.6 is 23.8 Å². The van der Waals surface area contributed by atoms with Crippen LogP contribution in [0, 0.1) is 5.92 Å². The van der Waals surface area contributed by atoms with Crippen molar-refractivity contribution >= 4 is 40.7 Å². The molecule has 0 spiro atoms. The molecular weight excluding hydrogens is 442 g/mol. The molecule has 1 atom stereocenters. The number of benzene rings is 2. The molecule has 6 nitrogen and oxygen atoms in total. The van der Waals surface area contributed by atoms with Crippen molar-refractivity contribution in [1.82, 2.24) is 15.3 Å². The number of halogens is 1. The normalized spacial score (nSPS) is 15.8. The number of ether oxygens (including phenoxy) is 1. The summed E-state index contributed by atoms with van der Waals surface area (Å²) in [5.74, 6) is 3.02. The van der Waals surface area contributed by atoms with E-state index < -0.39 is 0 Å². The molecule has 0 aliphatic carbocycles. The standard InChI is InChI=1S/C24H26ClN5OS/c1-17-8-7-13-30(16-17)21-14-22(31-19-10-3-2-4-11-19)28-23(27-21)29-24(32)26-15-18-9-5-6-12-20(18)25/h2-6,9-12,14,17H,7-8,13,15-16H2,1H3,(H2,26,27,28,29,32)/t17-/m1/s1. The minimum absolute atomic E-state index is 0.392. The maximum absolute atomic E-state index is 6.23. The molecule has 4 rings (SSSR count). The number of para-hydroxylation sites is 1. The summed E-state index contributed by atoms with van der Waals surface area (Å²) in [7, 11) is 0. The first-order valence-corrected chi connectivity index (χ1v) is 11.5. The van der Waals surface area contributed by atoms with Crippen LogP contribution in [0.1, 0.15) is 25.3 Å². The average molecular weight is 468 g/mol. The Morgan fingerprint density at radius 2 is 1.94 bits per heavy atom. The van der Waals surface area contributed by atoms with Gasteiger partial charge < -0.3 is 20.3 Å². The summed E-state index contributed by atoms with van der Waals surface area (Å²) in [6.45, 7) is 4.68. The van der Waals surface area contributed by atoms with Crippen LogP contribution < -0.4 is 20.3 Å². The van der Waals surface area contributed by atoms with Gasteiger partial charge in [0.05, 0.1) is 0 Å². The van der Waals surface area contributed by atoms with E-state index >= 15 is 0 Å². The lowest BCUT2D eigenvalue weighted by Gasteiger charge is -2.32. The first-order valence-electron chi connectivity index (χ1n) is 10.7. The number of aromatic nitrogens is 2. The zero-order valence-corrected chi connectivity index (χ0v) is 19.5. The molecule has 2 N–H and O–H groups in total. The molecule has 1 aliphatic heterocycles. The van der Waals surface area contributed by atoms with Gasteiger partial charge in [-0.05, 0) is 54.7 Å². The van der Waals surface area contributed by atoms with Crippen molar-refractivity contribution in [3.8, 4) is 11.6 Å². The average Bonchev–Trinajstić information content (AvgIpc) is 2.79. The third-order valence-corrected chi connectivity index (χ3v) is 5.87. The third-order valence-electron chi connectivity index (χ3n) is 5.26. The predicted molar refractivity (Wildman–Crippen MR) is 134 cm³/mol. The molecule has 1 aromatic heterocycles. The number of nitrogens with one attached hydrogen (secondary N) is 2. The van der Waals surface area contributed by atoms with Crippen molar-refractivity contribution in [2.24, 2.45) is 5.92 Å². The second kappa shape index (κ2) is 10.6. The molecule has 0 radical (unpaired) electrons. The Kier molecular flexibility index (Phi) is 7.39. The Bertz CT molecular complexity index is 1070. The molecule has 0 amide bonds. The number of piperidine rings is 1. The Labute approximate surface area is 199 Å². The molecule has 0 bridgehead atoms. The molecule has 3 aromatic rings. The van der Waals surface area contributed by atoms with Crippen LogP contribution in [0.5, 0.6) is 11.6 Å². The summed E-state index contributed by atoms with van der Waals surface area (Å²) in [5.41, 5.74) is 0.961. The summed E-state index contributed by atoms with van der Waals surface area (Å²) in [4.78, 5) is 11.5. The molecule has 2 heterocycles. The first-order chi connectivity index (χ1) is 15.6. The topological polar surface area (TPSA) is 62.3 Å². The summed E-state index contributed by atoms with van der Waals surface area (Å²) < 4.78 is 6.01. The fraction of sp³-hybridized carbons (Fsp3) is 0.292. The molecule has 8 heteroatoms. The van der Waals surface area contributed by atoms with E-state index in [1.165, 1.54) is 6.42 Å². The van der Waals surface area contributed by atoms with Crippen LogP contribution in [-0.2, 0) is 6.54 Å². The summed E-state index contributed by atoms with van der Waals surface area (Å²) in [5, 5.41) is 7.37. The first kappa shape index (κ1) is 22.3. The summed E-state index contributed by atoms with van der Waals surface area (Å²) in [6.07, 6.45) is 2.37. The van der Waals surface area contributed by atoms with Crippen LogP contribution in [0.4, 0.5) is 11.8 Å². The van der Waals surface area contributed by atoms with E-state index in [0.29, 0.717) is 34.4 Å². The van der Waals surface area contributed by atoms with Crippen LogP contribution in [-0.4, -0.2) is 28.2 Å². The lowest BCUT2D eigenvalue weighted by atomic mass is 10.0. The van der Waals surface area contributed by atoms with Crippen molar-refractivity contribution in [2.75, 3.05) is 23.3 Å². The van der Waals surface area contributed by atoms with Crippen molar-refractivity contribution in [3.05, 3.63) is 71.2 Å². The number of hydrogen-bond donors (Lipinski definition) is 2. The maximum Gasteiger partial charge on any atom is 0.234 e. The van der Waals surface area contributed by atoms with Crippen LogP contribution in [0.15, 0.2) is 60.7 Å². The Morgan fingerprint density at radius 3 is 2.72 bits per heavy atom. The number of hydrogen-bond acceptors (Lipinski definition) is 5. The third kappa shape index (κ3) is 6.08. The van der Waals surface area contributed by atoms with Gasteiger partial charge >= 0.3 is 0 Å². The van der Waals surface area contributed by atoms with Crippen LogP contribution in [0.2, 0.25) is 5.02 Å². The number of nitrogens with zero attached hydrogens (tertiary/aromatic N) is 3. The zero-order chi connectivity index (χ0) is 22.3. The summed E-state index contributed by atoms with van der Waals surface area (Å²) >= 11 is 11.7. The van der Waals surface area contributed by atoms with Crippen molar-refractivity contribution in [3.63, 3.8) is 0 Å². The lowest BCUT2D eigenvalue weighted by molar-refractivity contribution is 0.440. The van der Waals surface area contributed by atoms with Gasteiger partial charge in [0.25, 0.3) is 0 Å². The molecule has 2 aromatic carbocycles. The second-order valence-electron chi connectivity index (χ2n) is 7.90. The van der Waals surface area contributed by atoms with E-state index in [1.54, 1.807) is 0 Å². The molecule has 0 unspecified atom stereocenters. The second-order valence-corrected chi connectivity index (χ2v) is 8.71. The van der Waals surface area contributed by atoms with Gasteiger partial charge in [0.15, 0.2) is 5.11 Å². The molecule has 32 heavy (non-hydrogen) atoms. The van der Waals surface area contributed by atoms with Gasteiger partial charge in [-0.15, -0.1) is 0 Å². The van der Waals surface area contributed by atoms with E-state index in [2.05, 4.69) is 27.4 Å². The number of thiocarbonyl (C=S) groups is 1. The van der Waals surface area contributed by atoms with Gasteiger partial charge in [-0.2, -0.15) is 9.97 Å². The van der Waals surface area contributed by atoms with Gasteiger partial charge in [-0.25, -0.2) is 0 Å². The molecule has 1 saturated heterocycles. The van der Waals surface area contributed by atoms with E-state index in [0.717, 1.165) is 36.6 Å². The zero-order valence-electron chi connectivity index (χ0n) is 17.9. The fourth-order valence-corrected chi connectivity index (χ4v) is 4.02. The van der Waals surface area contributed by atoms with Crippen LogP contribution in [0.25, 0.3) is 0 Å². The van der Waals surface area contributed by atoms with Crippen molar-refractivity contribution < 1.29 is 4.74 Å². The molecule has 1 aliphatic rings. The largest absolute Gasteiger partial charge is 0.439 e. The Hall–Kier alpha value is -2.90. The lowest BCUT2D eigenvalue weighted by Crippen LogP contribution is -2.35. The highest BCUT2D eigenvalue weighted by Gasteiger charge is 2.20. The quantitative estimate of drug-likeness (QED) is 0.454. The van der Waals surface area contributed by atoms with E-state index in [9.17, 15) is 0 Å². The van der Waals surface area contributed by atoms with E-state index in [4.69, 9.17) is 33.5 Å². The van der Waals surface area contributed by atoms with Crippen LogP contribution in [0.3, 0.4) is 0 Å². The Balaban J connectivity index is 1.51. The highest BCUT2D eigenvalue weighted by atomic mass is 35.5. The fourth-order valence-electron chi connectivity index (χ4n) is 3.65. The molecule has 0 saturated carbocycles. The monoisotopic (exact) mass is 467 g/mol. The maximum atomic E-state index is 6.23. The summed E-state index contributed by atoms with van der Waals surface area (Å²) in [6, 6.07) is 19.1. The van der Waals surface area contributed by atoms with Gasteiger partial charge in [0, 0.05) is 30.7 Å².